The van der Waals surface area contributed by atoms with Gasteiger partial charge in [-0.15, -0.1) is 12.4 Å². The molecule has 0 saturated carbocycles. The Morgan fingerprint density at radius 2 is 1.92 bits per heavy atom. The van der Waals surface area contributed by atoms with Crippen LogP contribution >= 0.6 is 24.0 Å². The van der Waals surface area contributed by atoms with Crippen LogP contribution in [0.2, 0.25) is 5.02 Å². The molecule has 2 heterocycles. The molecule has 0 aliphatic carbocycles. The number of aromatic amines is 1. The molecule has 0 radical (unpaired) electrons. The molecule has 2 aromatic carbocycles. The number of anilines is 2. The number of rotatable bonds is 2. The number of H-pyrrole nitrogens is 1. The van der Waals surface area contributed by atoms with Crippen molar-refractivity contribution < 1.29 is 4.39 Å². The fraction of sp³-hybridized carbons (Fsp3) is 0.0588. The van der Waals surface area contributed by atoms with Crippen molar-refractivity contribution in [3.8, 4) is 0 Å². The van der Waals surface area contributed by atoms with Crippen molar-refractivity contribution in [1.82, 2.24) is 15.0 Å². The van der Waals surface area contributed by atoms with E-state index in [9.17, 15) is 4.39 Å². The van der Waals surface area contributed by atoms with Gasteiger partial charge in [0.25, 0.3) is 0 Å². The van der Waals surface area contributed by atoms with E-state index in [0.717, 1.165) is 33.3 Å². The molecule has 2 aromatic heterocycles. The average Bonchev–Trinajstić information content (AvgIpc) is 2.99. The lowest BCUT2D eigenvalue weighted by Crippen LogP contribution is -1.96. The summed E-state index contributed by atoms with van der Waals surface area (Å²) in [4.78, 5) is 12.0. The summed E-state index contributed by atoms with van der Waals surface area (Å²) in [6, 6.07) is 10.4. The monoisotopic (exact) mass is 362 g/mol. The number of aromatic nitrogens is 3. The van der Waals surface area contributed by atoms with Gasteiger partial charge in [-0.3, -0.25) is 4.98 Å². The van der Waals surface area contributed by atoms with Gasteiger partial charge in [0.1, 0.15) is 5.82 Å². The standard InChI is InChI=1S/C17H12ClFN4.ClH/c1-9-6-15(23-10-2-3-12(19)11(18)7-10)16-13(22-9)4-5-14-17(16)21-8-20-14;/h2-8H,1H3,(H,20,21)(H,22,23);1H. The zero-order chi connectivity index (χ0) is 16.0. The van der Waals surface area contributed by atoms with Crippen LogP contribution in [-0.2, 0) is 0 Å². The highest BCUT2D eigenvalue weighted by molar-refractivity contribution is 6.31. The molecule has 0 aliphatic heterocycles. The first kappa shape index (κ1) is 16.5. The summed E-state index contributed by atoms with van der Waals surface area (Å²) < 4.78 is 13.3. The summed E-state index contributed by atoms with van der Waals surface area (Å²) in [6.07, 6.45) is 1.66. The van der Waals surface area contributed by atoms with E-state index in [1.54, 1.807) is 18.5 Å². The van der Waals surface area contributed by atoms with Crippen molar-refractivity contribution >= 4 is 57.3 Å². The molecule has 4 nitrogen and oxygen atoms in total. The Kier molecular flexibility index (Phi) is 4.30. The van der Waals surface area contributed by atoms with Crippen LogP contribution in [0.1, 0.15) is 5.69 Å². The van der Waals surface area contributed by atoms with Gasteiger partial charge in [-0.1, -0.05) is 11.6 Å². The molecular weight excluding hydrogens is 350 g/mol. The van der Waals surface area contributed by atoms with Gasteiger partial charge in [-0.05, 0) is 43.3 Å². The van der Waals surface area contributed by atoms with E-state index in [-0.39, 0.29) is 17.4 Å². The molecule has 2 N–H and O–H groups in total. The highest BCUT2D eigenvalue weighted by Gasteiger charge is 2.11. The highest BCUT2D eigenvalue weighted by atomic mass is 35.5. The fourth-order valence-electron chi connectivity index (χ4n) is 2.70. The molecule has 0 spiro atoms. The molecule has 0 saturated heterocycles. The van der Waals surface area contributed by atoms with E-state index >= 15 is 0 Å². The minimum Gasteiger partial charge on any atom is -0.355 e. The predicted octanol–water partition coefficient (Wildman–Crippen LogP) is 5.38. The number of imidazole rings is 1. The maximum atomic E-state index is 13.3. The molecule has 0 amide bonds. The molecular formula is C17H13Cl2FN4. The maximum absolute atomic E-state index is 13.3. The van der Waals surface area contributed by atoms with Gasteiger partial charge in [0.2, 0.25) is 0 Å². The number of nitrogens with zero attached hydrogens (tertiary/aromatic N) is 2. The molecule has 7 heteroatoms. The van der Waals surface area contributed by atoms with Gasteiger partial charge in [-0.25, -0.2) is 9.37 Å². The van der Waals surface area contributed by atoms with Gasteiger partial charge in [0, 0.05) is 16.8 Å². The van der Waals surface area contributed by atoms with Crippen LogP contribution in [0.25, 0.3) is 21.9 Å². The third-order valence-electron chi connectivity index (χ3n) is 3.69. The lowest BCUT2D eigenvalue weighted by atomic mass is 10.1. The Hall–Kier alpha value is -2.37. The van der Waals surface area contributed by atoms with Crippen molar-refractivity contribution in [1.29, 1.82) is 0 Å². The lowest BCUT2D eigenvalue weighted by Gasteiger charge is -2.12. The van der Waals surface area contributed by atoms with Crippen LogP contribution in [0.5, 0.6) is 0 Å². The van der Waals surface area contributed by atoms with E-state index in [2.05, 4.69) is 20.3 Å². The molecule has 0 aliphatic rings. The number of fused-ring (bicyclic) bond motifs is 3. The number of aryl methyl sites for hydroxylation is 1. The Balaban J connectivity index is 0.00000169. The minimum absolute atomic E-state index is 0. The average molecular weight is 363 g/mol. The van der Waals surface area contributed by atoms with Crippen molar-refractivity contribution in [2.75, 3.05) is 5.32 Å². The molecule has 0 atom stereocenters. The van der Waals surface area contributed by atoms with Crippen molar-refractivity contribution in [3.63, 3.8) is 0 Å². The zero-order valence-corrected chi connectivity index (χ0v) is 14.2. The number of hydrogen-bond acceptors (Lipinski definition) is 3. The SMILES string of the molecule is Cc1cc(Nc2ccc(F)c(Cl)c2)c2c(ccc3nc[nH]c32)n1.Cl. The fourth-order valence-corrected chi connectivity index (χ4v) is 2.88. The summed E-state index contributed by atoms with van der Waals surface area (Å²) in [5, 5.41) is 4.32. The van der Waals surface area contributed by atoms with Crippen LogP contribution in [0, 0.1) is 12.7 Å². The summed E-state index contributed by atoms with van der Waals surface area (Å²) in [5.41, 5.74) is 5.09. The molecule has 0 fully saturated rings. The quantitative estimate of drug-likeness (QED) is 0.503. The molecule has 122 valence electrons. The Labute approximate surface area is 148 Å². The van der Waals surface area contributed by atoms with Gasteiger partial charge >= 0.3 is 0 Å². The van der Waals surface area contributed by atoms with Crippen LogP contribution in [0.4, 0.5) is 15.8 Å². The first-order valence-corrected chi connectivity index (χ1v) is 7.45. The molecule has 4 rings (SSSR count). The van der Waals surface area contributed by atoms with E-state index in [1.807, 2.05) is 25.1 Å². The summed E-state index contributed by atoms with van der Waals surface area (Å²) >= 11 is 5.86. The summed E-state index contributed by atoms with van der Waals surface area (Å²) in [5.74, 6) is -0.441. The van der Waals surface area contributed by atoms with Crippen LogP contribution < -0.4 is 5.32 Å². The predicted molar refractivity (Wildman–Crippen MR) is 98.1 cm³/mol. The number of hydrogen-bond donors (Lipinski definition) is 2. The molecule has 4 aromatic rings. The Bertz CT molecular complexity index is 1050. The zero-order valence-electron chi connectivity index (χ0n) is 12.6. The summed E-state index contributed by atoms with van der Waals surface area (Å²) in [7, 11) is 0. The Morgan fingerprint density at radius 3 is 2.71 bits per heavy atom. The van der Waals surface area contributed by atoms with Gasteiger partial charge in [0.05, 0.1) is 33.6 Å². The topological polar surface area (TPSA) is 53.6 Å². The second kappa shape index (κ2) is 6.26. The number of nitrogens with one attached hydrogen (secondary N) is 2. The largest absolute Gasteiger partial charge is 0.355 e. The first-order valence-electron chi connectivity index (χ1n) is 7.07. The van der Waals surface area contributed by atoms with Crippen LogP contribution in [0.3, 0.4) is 0 Å². The smallest absolute Gasteiger partial charge is 0.141 e. The molecule has 24 heavy (non-hydrogen) atoms. The third-order valence-corrected chi connectivity index (χ3v) is 3.98. The van der Waals surface area contributed by atoms with E-state index in [1.165, 1.54) is 6.07 Å². The minimum atomic E-state index is -0.441. The number of pyridine rings is 1. The third kappa shape index (κ3) is 2.77. The van der Waals surface area contributed by atoms with Crippen molar-refractivity contribution in [3.05, 3.63) is 59.3 Å². The van der Waals surface area contributed by atoms with Gasteiger partial charge in [-0.2, -0.15) is 0 Å². The number of halogens is 3. The van der Waals surface area contributed by atoms with Crippen LogP contribution in [0.15, 0.2) is 42.7 Å². The molecule has 0 bridgehead atoms. The maximum Gasteiger partial charge on any atom is 0.141 e. The normalized spacial score (nSPS) is 10.8. The van der Waals surface area contributed by atoms with Crippen LogP contribution in [-0.4, -0.2) is 15.0 Å². The number of benzene rings is 2. The van der Waals surface area contributed by atoms with E-state index in [0.29, 0.717) is 5.69 Å². The van der Waals surface area contributed by atoms with E-state index < -0.39 is 5.82 Å². The van der Waals surface area contributed by atoms with Crippen molar-refractivity contribution in [2.45, 2.75) is 6.92 Å². The van der Waals surface area contributed by atoms with E-state index in [4.69, 9.17) is 11.6 Å². The lowest BCUT2D eigenvalue weighted by molar-refractivity contribution is 0.628. The second-order valence-electron chi connectivity index (χ2n) is 5.32. The van der Waals surface area contributed by atoms with Gasteiger partial charge in [0.15, 0.2) is 0 Å². The first-order chi connectivity index (χ1) is 11.1. The van der Waals surface area contributed by atoms with Crippen molar-refractivity contribution in [2.24, 2.45) is 0 Å². The Morgan fingerprint density at radius 1 is 1.12 bits per heavy atom. The van der Waals surface area contributed by atoms with Gasteiger partial charge < -0.3 is 10.3 Å². The summed E-state index contributed by atoms with van der Waals surface area (Å²) in [6.45, 7) is 1.93. The second-order valence-corrected chi connectivity index (χ2v) is 5.73. The molecule has 0 unspecified atom stereocenters. The highest BCUT2D eigenvalue weighted by Crippen LogP contribution is 2.32.